The molecule has 200 valence electrons. The molecule has 0 amide bonds. The van der Waals surface area contributed by atoms with Gasteiger partial charge in [-0.2, -0.15) is 0 Å². The van der Waals surface area contributed by atoms with Gasteiger partial charge in [0.2, 0.25) is 0 Å². The molecule has 2 aliphatic rings. The Morgan fingerprint density at radius 3 is 2.49 bits per heavy atom. The minimum atomic E-state index is -0.708. The fraction of sp³-hybridized carbons (Fsp3) is 0.333. The number of aliphatic carboxylic acids is 1. The number of ether oxygens (including phenoxy) is 1. The van der Waals surface area contributed by atoms with Crippen LogP contribution in [0.15, 0.2) is 72.9 Å². The van der Waals surface area contributed by atoms with Crippen LogP contribution in [0, 0.1) is 23.1 Å². The molecule has 1 N–H and O–H groups in total. The standard InChI is InChI=1S/C33H32FNO4/c1-2-39-26-5-3-4-24(15-26)23-8-6-21(7-9-23)20-35-13-12-27-29(34)11-10-28(31(27)35)30(36)14-22-16-33(17-22)18-25(19-33)32(37)38/h3-13,15,22,25H,2,14,16-20H2,1H3,(H,37,38). The third-order valence-electron chi connectivity index (χ3n) is 8.58. The number of benzene rings is 3. The SMILES string of the molecule is CCOc1cccc(-c2ccc(Cn3ccc4c(F)ccc(C(=O)CC5CC6(C5)CC(C(=O)O)C6)c43)cc2)c1. The van der Waals surface area contributed by atoms with Gasteiger partial charge in [0.1, 0.15) is 11.6 Å². The average Bonchev–Trinajstić information content (AvgIpc) is 3.30. The molecule has 0 atom stereocenters. The zero-order valence-electron chi connectivity index (χ0n) is 22.0. The maximum Gasteiger partial charge on any atom is 0.306 e. The monoisotopic (exact) mass is 525 g/mol. The molecule has 6 rings (SSSR count). The fourth-order valence-corrected chi connectivity index (χ4v) is 6.75. The first-order valence-corrected chi connectivity index (χ1v) is 13.7. The normalized spacial score (nSPS) is 21.9. The Kier molecular flexibility index (Phi) is 6.49. The molecule has 0 radical (unpaired) electrons. The number of carboxylic acid groups (broad SMARTS) is 1. The number of fused-ring (bicyclic) bond motifs is 1. The lowest BCUT2D eigenvalue weighted by molar-refractivity contribution is -0.157. The lowest BCUT2D eigenvalue weighted by atomic mass is 9.47. The molecular weight excluding hydrogens is 493 g/mol. The largest absolute Gasteiger partial charge is 0.494 e. The van der Waals surface area contributed by atoms with Gasteiger partial charge in [-0.05, 0) is 91.0 Å². The zero-order valence-corrected chi connectivity index (χ0v) is 22.0. The van der Waals surface area contributed by atoms with Gasteiger partial charge in [-0.3, -0.25) is 9.59 Å². The van der Waals surface area contributed by atoms with Crippen molar-refractivity contribution in [2.24, 2.45) is 17.3 Å². The van der Waals surface area contributed by atoms with Crippen molar-refractivity contribution in [2.75, 3.05) is 6.61 Å². The van der Waals surface area contributed by atoms with Crippen molar-refractivity contribution < 1.29 is 23.8 Å². The highest BCUT2D eigenvalue weighted by atomic mass is 19.1. The van der Waals surface area contributed by atoms with Gasteiger partial charge in [0.25, 0.3) is 0 Å². The first kappa shape index (κ1) is 25.4. The molecule has 0 unspecified atom stereocenters. The molecule has 1 heterocycles. The van der Waals surface area contributed by atoms with Crippen LogP contribution in [-0.2, 0) is 11.3 Å². The summed E-state index contributed by atoms with van der Waals surface area (Å²) in [5, 5.41) is 9.64. The van der Waals surface area contributed by atoms with E-state index < -0.39 is 5.97 Å². The Bertz CT molecular complexity index is 1540. The van der Waals surface area contributed by atoms with Gasteiger partial charge < -0.3 is 14.4 Å². The van der Waals surface area contributed by atoms with Crippen molar-refractivity contribution >= 4 is 22.7 Å². The van der Waals surface area contributed by atoms with Crippen LogP contribution in [0.1, 0.15) is 54.9 Å². The third kappa shape index (κ3) is 4.84. The fourth-order valence-electron chi connectivity index (χ4n) is 6.75. The maximum absolute atomic E-state index is 14.7. The number of hydrogen-bond donors (Lipinski definition) is 1. The molecule has 1 spiro atoms. The molecule has 4 aromatic rings. The second kappa shape index (κ2) is 9.99. The first-order chi connectivity index (χ1) is 18.8. The second-order valence-corrected chi connectivity index (χ2v) is 11.3. The molecule has 2 saturated carbocycles. The summed E-state index contributed by atoms with van der Waals surface area (Å²) in [4.78, 5) is 24.6. The second-order valence-electron chi connectivity index (χ2n) is 11.3. The summed E-state index contributed by atoms with van der Waals surface area (Å²) in [6.07, 6.45) is 5.55. The number of ketones is 1. The molecule has 6 heteroatoms. The number of carbonyl (C=O) groups is 2. The molecule has 39 heavy (non-hydrogen) atoms. The van der Waals surface area contributed by atoms with Crippen molar-refractivity contribution in [1.29, 1.82) is 0 Å². The van der Waals surface area contributed by atoms with E-state index in [4.69, 9.17) is 4.74 Å². The van der Waals surface area contributed by atoms with Gasteiger partial charge in [-0.15, -0.1) is 0 Å². The Morgan fingerprint density at radius 1 is 1.00 bits per heavy atom. The minimum Gasteiger partial charge on any atom is -0.494 e. The van der Waals surface area contributed by atoms with Gasteiger partial charge in [0.05, 0.1) is 18.0 Å². The molecule has 5 nitrogen and oxygen atoms in total. The summed E-state index contributed by atoms with van der Waals surface area (Å²) in [5.41, 5.74) is 4.53. The summed E-state index contributed by atoms with van der Waals surface area (Å²) in [6, 6.07) is 21.0. The highest BCUT2D eigenvalue weighted by Gasteiger charge is 2.54. The van der Waals surface area contributed by atoms with Gasteiger partial charge in [0.15, 0.2) is 5.78 Å². The smallest absolute Gasteiger partial charge is 0.306 e. The van der Waals surface area contributed by atoms with Crippen LogP contribution < -0.4 is 4.74 Å². The van der Waals surface area contributed by atoms with E-state index in [0.29, 0.717) is 36.0 Å². The van der Waals surface area contributed by atoms with Crippen LogP contribution in [0.2, 0.25) is 0 Å². The van der Waals surface area contributed by atoms with E-state index in [9.17, 15) is 19.1 Å². The van der Waals surface area contributed by atoms with E-state index in [1.54, 1.807) is 12.1 Å². The molecule has 2 aliphatic carbocycles. The molecule has 3 aromatic carbocycles. The topological polar surface area (TPSA) is 68.5 Å². The number of carbonyl (C=O) groups excluding carboxylic acids is 1. The minimum absolute atomic E-state index is 0.0263. The Balaban J connectivity index is 1.18. The van der Waals surface area contributed by atoms with Crippen LogP contribution in [0.3, 0.4) is 0 Å². The summed E-state index contributed by atoms with van der Waals surface area (Å²) in [6.45, 7) is 3.11. The number of nitrogens with zero attached hydrogens (tertiary/aromatic N) is 1. The van der Waals surface area contributed by atoms with Crippen molar-refractivity contribution in [3.8, 4) is 16.9 Å². The summed E-state index contributed by atoms with van der Waals surface area (Å²) in [5.74, 6) is -0.133. The van der Waals surface area contributed by atoms with E-state index in [1.165, 1.54) is 6.07 Å². The highest BCUT2D eigenvalue weighted by Crippen LogP contribution is 2.62. The highest BCUT2D eigenvalue weighted by molar-refractivity contribution is 6.07. The number of carboxylic acids is 1. The van der Waals surface area contributed by atoms with Gasteiger partial charge in [0, 0.05) is 30.1 Å². The van der Waals surface area contributed by atoms with Gasteiger partial charge in [-0.25, -0.2) is 4.39 Å². The van der Waals surface area contributed by atoms with E-state index >= 15 is 0 Å². The number of aromatic nitrogens is 1. The molecule has 0 saturated heterocycles. The number of hydrogen-bond acceptors (Lipinski definition) is 3. The third-order valence-corrected chi connectivity index (χ3v) is 8.58. The van der Waals surface area contributed by atoms with Crippen molar-refractivity contribution in [1.82, 2.24) is 4.57 Å². The van der Waals surface area contributed by atoms with Crippen LogP contribution >= 0.6 is 0 Å². The lowest BCUT2D eigenvalue weighted by Gasteiger charge is -2.56. The lowest BCUT2D eigenvalue weighted by Crippen LogP contribution is -2.50. The average molecular weight is 526 g/mol. The Morgan fingerprint density at radius 2 is 1.77 bits per heavy atom. The Labute approximate surface area is 227 Å². The van der Waals surface area contributed by atoms with Crippen molar-refractivity contribution in [2.45, 2.75) is 45.6 Å². The first-order valence-electron chi connectivity index (χ1n) is 13.7. The molecule has 0 aliphatic heterocycles. The number of rotatable bonds is 9. The van der Waals surface area contributed by atoms with E-state index in [2.05, 4.69) is 30.3 Å². The molecule has 0 bridgehead atoms. The van der Waals surface area contributed by atoms with Crippen LogP contribution in [0.25, 0.3) is 22.0 Å². The molecular formula is C33H32FNO4. The summed E-state index contributed by atoms with van der Waals surface area (Å²) >= 11 is 0. The Hall–Kier alpha value is -3.93. The quantitative estimate of drug-likeness (QED) is 0.232. The van der Waals surface area contributed by atoms with Crippen LogP contribution in [-0.4, -0.2) is 28.0 Å². The van der Waals surface area contributed by atoms with Crippen molar-refractivity contribution in [3.63, 3.8) is 0 Å². The summed E-state index contributed by atoms with van der Waals surface area (Å²) in [7, 11) is 0. The van der Waals surface area contributed by atoms with E-state index in [1.807, 2.05) is 35.9 Å². The molecule has 2 fully saturated rings. The van der Waals surface area contributed by atoms with Gasteiger partial charge >= 0.3 is 5.97 Å². The van der Waals surface area contributed by atoms with Gasteiger partial charge in [-0.1, -0.05) is 36.4 Å². The van der Waals surface area contributed by atoms with E-state index in [-0.39, 0.29) is 28.9 Å². The van der Waals surface area contributed by atoms with Crippen molar-refractivity contribution in [3.05, 3.63) is 89.9 Å². The predicted octanol–water partition coefficient (Wildman–Crippen LogP) is 7.36. The number of halogens is 1. The van der Waals surface area contributed by atoms with Crippen LogP contribution in [0.5, 0.6) is 5.75 Å². The summed E-state index contributed by atoms with van der Waals surface area (Å²) < 4.78 is 22.3. The number of Topliss-reactive ketones (excluding diaryl/α,β-unsaturated/α-hetero) is 1. The van der Waals surface area contributed by atoms with Crippen LogP contribution in [0.4, 0.5) is 4.39 Å². The van der Waals surface area contributed by atoms with E-state index in [0.717, 1.165) is 48.1 Å². The maximum atomic E-state index is 14.7. The molecule has 1 aromatic heterocycles. The zero-order chi connectivity index (χ0) is 27.1. The predicted molar refractivity (Wildman–Crippen MR) is 149 cm³/mol.